The van der Waals surface area contributed by atoms with Gasteiger partial charge in [0.05, 0.1) is 0 Å². The van der Waals surface area contributed by atoms with Crippen LogP contribution in [0.3, 0.4) is 0 Å². The van der Waals surface area contributed by atoms with E-state index in [1.165, 1.54) is 153 Å². The van der Waals surface area contributed by atoms with Crippen LogP contribution in [0.15, 0.2) is 279 Å². The highest BCUT2D eigenvalue weighted by Crippen LogP contribution is 2.43. The molecule has 0 heteroatoms. The summed E-state index contributed by atoms with van der Waals surface area (Å²) in [6.07, 6.45) is 0. The normalized spacial score (nSPS) is 11.8. The van der Waals surface area contributed by atoms with Crippen LogP contribution in [0.4, 0.5) is 0 Å². The molecule has 0 saturated carbocycles. The highest BCUT2D eigenvalue weighted by atomic mass is 14.2. The first kappa shape index (κ1) is 42.1. The van der Waals surface area contributed by atoms with E-state index < -0.39 is 0 Å². The summed E-state index contributed by atoms with van der Waals surface area (Å²) in [7, 11) is 0. The first-order valence-electron chi connectivity index (χ1n) is 25.7. The van der Waals surface area contributed by atoms with Gasteiger partial charge in [-0.3, -0.25) is 0 Å². The van der Waals surface area contributed by atoms with Crippen molar-refractivity contribution >= 4 is 86.2 Å². The zero-order valence-electron chi connectivity index (χ0n) is 40.6. The Morgan fingerprint density at radius 2 is 0.405 bits per heavy atom. The summed E-state index contributed by atoms with van der Waals surface area (Å²) in [6, 6.07) is 104. The van der Waals surface area contributed by atoms with Crippen LogP contribution in [0.1, 0.15) is 0 Å². The monoisotopic (exact) mass is 934 g/mol. The lowest BCUT2D eigenvalue weighted by Crippen LogP contribution is -1.90. The Morgan fingerprint density at radius 1 is 0.122 bits per heavy atom. The molecule has 0 aliphatic rings. The Kier molecular flexibility index (Phi) is 9.68. The van der Waals surface area contributed by atoms with Gasteiger partial charge < -0.3 is 0 Å². The summed E-state index contributed by atoms with van der Waals surface area (Å²) in [5, 5.41) is 20.2. The fraction of sp³-hybridized carbons (Fsp3) is 0. The summed E-state index contributed by atoms with van der Waals surface area (Å²) >= 11 is 0. The molecule has 0 saturated heterocycles. The van der Waals surface area contributed by atoms with E-state index in [4.69, 9.17) is 0 Å². The van der Waals surface area contributed by atoms with Gasteiger partial charge in [0.25, 0.3) is 0 Å². The maximum atomic E-state index is 2.42. The summed E-state index contributed by atoms with van der Waals surface area (Å²) in [5.41, 5.74) is 14.5. The van der Waals surface area contributed by atoms with E-state index in [1.807, 2.05) is 0 Å². The Morgan fingerprint density at radius 3 is 0.851 bits per heavy atom. The molecule has 74 heavy (non-hydrogen) atoms. The fourth-order valence-electron chi connectivity index (χ4n) is 12.0. The van der Waals surface area contributed by atoms with Crippen molar-refractivity contribution in [2.75, 3.05) is 0 Å². The highest BCUT2D eigenvalue weighted by molar-refractivity contribution is 6.15. The van der Waals surface area contributed by atoms with Crippen LogP contribution < -0.4 is 0 Å². The summed E-state index contributed by atoms with van der Waals surface area (Å²) in [4.78, 5) is 0. The largest absolute Gasteiger partial charge is 0.0616 e. The Hall–Kier alpha value is -9.62. The molecule has 0 radical (unpaired) electrons. The van der Waals surface area contributed by atoms with Crippen molar-refractivity contribution in [1.29, 1.82) is 0 Å². The number of hydrogen-bond donors (Lipinski definition) is 0. The maximum Gasteiger partial charge on any atom is -0.00264 e. The molecule has 0 nitrogen and oxygen atoms in total. The summed E-state index contributed by atoms with van der Waals surface area (Å²) in [6.45, 7) is 0. The predicted molar refractivity (Wildman–Crippen MR) is 319 cm³/mol. The van der Waals surface area contributed by atoms with Crippen LogP contribution in [-0.2, 0) is 0 Å². The second kappa shape index (κ2) is 17.0. The molecule has 0 aliphatic heterocycles. The molecule has 0 heterocycles. The van der Waals surface area contributed by atoms with E-state index in [-0.39, 0.29) is 0 Å². The van der Waals surface area contributed by atoms with Gasteiger partial charge in [-0.25, -0.2) is 0 Å². The third kappa shape index (κ3) is 7.14. The fourth-order valence-corrected chi connectivity index (χ4v) is 12.0. The van der Waals surface area contributed by atoms with Gasteiger partial charge in [-0.1, -0.05) is 224 Å². The van der Waals surface area contributed by atoms with Crippen LogP contribution in [0.2, 0.25) is 0 Å². The number of hydrogen-bond acceptors (Lipinski definition) is 0. The van der Waals surface area contributed by atoms with Crippen LogP contribution in [0.25, 0.3) is 153 Å². The van der Waals surface area contributed by atoms with Crippen molar-refractivity contribution in [2.45, 2.75) is 0 Å². The van der Waals surface area contributed by atoms with Crippen LogP contribution >= 0.6 is 0 Å². The molecule has 0 atom stereocenters. The number of benzene rings is 15. The van der Waals surface area contributed by atoms with E-state index >= 15 is 0 Å². The third-order valence-electron chi connectivity index (χ3n) is 15.7. The van der Waals surface area contributed by atoms with E-state index in [0.717, 1.165) is 0 Å². The topological polar surface area (TPSA) is 0 Å². The zero-order valence-corrected chi connectivity index (χ0v) is 40.6. The summed E-state index contributed by atoms with van der Waals surface area (Å²) in [5.74, 6) is 0. The van der Waals surface area contributed by atoms with Crippen molar-refractivity contribution in [2.24, 2.45) is 0 Å². The maximum absolute atomic E-state index is 2.42. The number of fused-ring (bicyclic) bond motifs is 11. The smallest absolute Gasteiger partial charge is 0.00264 e. The average Bonchev–Trinajstić information content (AvgIpc) is 3.48. The molecule has 0 spiro atoms. The lowest BCUT2D eigenvalue weighted by molar-refractivity contribution is 1.60. The lowest BCUT2D eigenvalue weighted by Gasteiger charge is -2.16. The van der Waals surface area contributed by atoms with Crippen LogP contribution in [-0.4, -0.2) is 0 Å². The van der Waals surface area contributed by atoms with Crippen molar-refractivity contribution in [1.82, 2.24) is 0 Å². The highest BCUT2D eigenvalue weighted by Gasteiger charge is 2.16. The molecule has 0 N–H and O–H groups in total. The molecule has 0 unspecified atom stereocenters. The van der Waals surface area contributed by atoms with Gasteiger partial charge in [0.1, 0.15) is 0 Å². The molecule has 0 bridgehead atoms. The van der Waals surface area contributed by atoms with E-state index in [2.05, 4.69) is 279 Å². The van der Waals surface area contributed by atoms with Gasteiger partial charge in [0, 0.05) is 0 Å². The molecular weight excluding hydrogens is 889 g/mol. The average molecular weight is 935 g/mol. The molecule has 0 amide bonds. The predicted octanol–water partition coefficient (Wildman–Crippen LogP) is 20.9. The Bertz CT molecular complexity index is 4780. The summed E-state index contributed by atoms with van der Waals surface area (Å²) < 4.78 is 0. The minimum Gasteiger partial charge on any atom is -0.0616 e. The van der Waals surface area contributed by atoms with E-state index in [9.17, 15) is 0 Å². The quantitative estimate of drug-likeness (QED) is 0.115. The molecule has 0 aliphatic carbocycles. The van der Waals surface area contributed by atoms with Gasteiger partial charge in [-0.15, -0.1) is 0 Å². The van der Waals surface area contributed by atoms with Gasteiger partial charge in [0.2, 0.25) is 0 Å². The number of rotatable bonds is 6. The zero-order chi connectivity index (χ0) is 48.7. The van der Waals surface area contributed by atoms with E-state index in [0.29, 0.717) is 0 Å². The van der Waals surface area contributed by atoms with Gasteiger partial charge in [-0.05, 0) is 208 Å². The van der Waals surface area contributed by atoms with Crippen molar-refractivity contribution in [3.05, 3.63) is 279 Å². The van der Waals surface area contributed by atoms with Crippen molar-refractivity contribution < 1.29 is 0 Å². The van der Waals surface area contributed by atoms with Crippen molar-refractivity contribution in [3.63, 3.8) is 0 Å². The second-order valence-electron chi connectivity index (χ2n) is 20.0. The van der Waals surface area contributed by atoms with Crippen LogP contribution in [0.5, 0.6) is 0 Å². The Labute approximate surface area is 429 Å². The van der Waals surface area contributed by atoms with E-state index in [1.54, 1.807) is 0 Å². The van der Waals surface area contributed by atoms with Crippen LogP contribution in [0, 0.1) is 0 Å². The molecule has 15 aromatic rings. The Balaban J connectivity index is 0.858. The van der Waals surface area contributed by atoms with Crippen molar-refractivity contribution in [3.8, 4) is 66.8 Å². The molecule has 342 valence electrons. The minimum atomic E-state index is 1.19. The standard InChI is InChI=1S/C74H46/c1-4-19-66-47(10-1)22-26-60-40-55(30-34-69(60)66)50-13-7-15-52(38-50)58-33-37-72-65(44-58)45-63-29-25-59(53-16-8-14-51(39-53)56-31-35-70-61(41-56)27-23-48-11-2-5-20-67(48)70)46-73(63)74(72)64-18-9-17-54(43-64)57-32-36-71-62(42-57)28-24-49-12-3-6-21-68(49)71/h1-46H. The lowest BCUT2D eigenvalue weighted by atomic mass is 9.87. The first-order valence-corrected chi connectivity index (χ1v) is 25.7. The minimum absolute atomic E-state index is 1.19. The SMILES string of the molecule is c1cc(-c2ccc3c(-c4cccc(-c5ccc6c(ccc7ccccc76)c5)c4)c4cc(-c5cccc(-c6ccc7c(ccc8ccccc87)c6)c5)ccc4cc3c2)cc(-c2ccc3c(ccc4ccccc43)c2)c1. The second-order valence-corrected chi connectivity index (χ2v) is 20.0. The van der Waals surface area contributed by atoms with Gasteiger partial charge >= 0.3 is 0 Å². The third-order valence-corrected chi connectivity index (χ3v) is 15.7. The van der Waals surface area contributed by atoms with Gasteiger partial charge in [-0.2, -0.15) is 0 Å². The molecule has 0 aromatic heterocycles. The molecule has 15 aromatic carbocycles. The first-order chi connectivity index (χ1) is 36.6. The van der Waals surface area contributed by atoms with Gasteiger partial charge in [0.15, 0.2) is 0 Å². The molecule has 15 rings (SSSR count). The molecule has 0 fully saturated rings. The molecular formula is C74H46.